The smallest absolute Gasteiger partial charge is 0.311 e. The molecule has 1 aromatic rings. The lowest BCUT2D eigenvalue weighted by Gasteiger charge is -2.19. The summed E-state index contributed by atoms with van der Waals surface area (Å²) in [5.41, 5.74) is 0.0518. The number of rotatable bonds is 5. The number of para-hydroxylation sites is 1. The first-order valence-electron chi connectivity index (χ1n) is 6.72. The van der Waals surface area contributed by atoms with Gasteiger partial charge in [-0.25, -0.2) is 0 Å². The number of aliphatic carboxylic acids is 1. The average Bonchev–Trinajstić information content (AvgIpc) is 3.25. The largest absolute Gasteiger partial charge is 0.481 e. The number of nitrogens with one attached hydrogen (secondary N) is 1. The first kappa shape index (κ1) is 15.0. The lowest BCUT2D eigenvalue weighted by atomic mass is 10.1. The summed E-state index contributed by atoms with van der Waals surface area (Å²) in [7, 11) is 1.59. The van der Waals surface area contributed by atoms with E-state index in [2.05, 4.69) is 5.32 Å². The molecule has 0 aromatic heterocycles. The van der Waals surface area contributed by atoms with Crippen LogP contribution in [-0.2, 0) is 9.59 Å². The summed E-state index contributed by atoms with van der Waals surface area (Å²) < 4.78 is 0. The van der Waals surface area contributed by atoms with Crippen molar-refractivity contribution < 1.29 is 19.5 Å². The Balaban J connectivity index is 2.13. The molecule has 21 heavy (non-hydrogen) atoms. The molecule has 0 unspecified atom stereocenters. The first-order chi connectivity index (χ1) is 9.87. The average molecular weight is 290 g/mol. The minimum absolute atomic E-state index is 0.110. The van der Waals surface area contributed by atoms with Gasteiger partial charge in [0.15, 0.2) is 0 Å². The van der Waals surface area contributed by atoms with Crippen LogP contribution in [0.2, 0.25) is 0 Å². The van der Waals surface area contributed by atoms with Crippen molar-refractivity contribution in [1.82, 2.24) is 5.32 Å². The zero-order valence-electron chi connectivity index (χ0n) is 12.0. The fourth-order valence-corrected chi connectivity index (χ4v) is 2.09. The third kappa shape index (κ3) is 3.04. The molecule has 1 fully saturated rings. The van der Waals surface area contributed by atoms with E-state index in [4.69, 9.17) is 5.11 Å². The number of benzene rings is 1. The number of carbonyl (C=O) groups excluding carboxylic acids is 2. The van der Waals surface area contributed by atoms with Gasteiger partial charge in [-0.05, 0) is 25.0 Å². The number of hydrogen-bond acceptors (Lipinski definition) is 3. The van der Waals surface area contributed by atoms with Crippen LogP contribution in [0.4, 0.5) is 5.69 Å². The lowest BCUT2D eigenvalue weighted by Crippen LogP contribution is -2.35. The Labute approximate surface area is 122 Å². The van der Waals surface area contributed by atoms with Gasteiger partial charge in [0.05, 0.1) is 16.7 Å². The van der Waals surface area contributed by atoms with E-state index in [1.165, 1.54) is 11.8 Å². The van der Waals surface area contributed by atoms with E-state index in [9.17, 15) is 14.4 Å². The first-order valence-corrected chi connectivity index (χ1v) is 6.72. The quantitative estimate of drug-likeness (QED) is 0.855. The molecule has 2 amide bonds. The zero-order valence-corrected chi connectivity index (χ0v) is 12.0. The van der Waals surface area contributed by atoms with E-state index in [1.54, 1.807) is 31.3 Å². The maximum atomic E-state index is 12.2. The van der Waals surface area contributed by atoms with Crippen molar-refractivity contribution in [2.75, 3.05) is 18.5 Å². The van der Waals surface area contributed by atoms with Gasteiger partial charge < -0.3 is 15.3 Å². The van der Waals surface area contributed by atoms with Crippen LogP contribution in [0.15, 0.2) is 24.3 Å². The van der Waals surface area contributed by atoms with E-state index in [0.717, 1.165) is 0 Å². The van der Waals surface area contributed by atoms with Gasteiger partial charge in [0.2, 0.25) is 5.91 Å². The molecule has 112 valence electrons. The molecule has 1 aliphatic rings. The zero-order chi connectivity index (χ0) is 15.6. The fourth-order valence-electron chi connectivity index (χ4n) is 2.09. The van der Waals surface area contributed by atoms with Gasteiger partial charge in [-0.2, -0.15) is 0 Å². The SMILES string of the molecule is CC(=O)N(C)c1ccccc1C(=O)NCC1(C(=O)O)CC1. The lowest BCUT2D eigenvalue weighted by molar-refractivity contribution is -0.143. The number of nitrogens with zero attached hydrogens (tertiary/aromatic N) is 1. The second kappa shape index (κ2) is 5.55. The van der Waals surface area contributed by atoms with Crippen molar-refractivity contribution in [1.29, 1.82) is 0 Å². The maximum Gasteiger partial charge on any atom is 0.311 e. The molecule has 0 atom stereocenters. The van der Waals surface area contributed by atoms with Crippen LogP contribution in [0.1, 0.15) is 30.1 Å². The summed E-state index contributed by atoms with van der Waals surface area (Å²) in [6, 6.07) is 6.74. The third-order valence-electron chi connectivity index (χ3n) is 3.88. The van der Waals surface area contributed by atoms with Crippen molar-refractivity contribution in [3.05, 3.63) is 29.8 Å². The Morgan fingerprint density at radius 1 is 1.29 bits per heavy atom. The molecular weight excluding hydrogens is 272 g/mol. The van der Waals surface area contributed by atoms with Crippen LogP contribution in [0.5, 0.6) is 0 Å². The number of amides is 2. The molecule has 0 aliphatic heterocycles. The van der Waals surface area contributed by atoms with Crippen LogP contribution >= 0.6 is 0 Å². The molecular formula is C15H18N2O4. The molecule has 6 heteroatoms. The summed E-state index contributed by atoms with van der Waals surface area (Å²) in [6.07, 6.45) is 1.16. The second-order valence-electron chi connectivity index (χ2n) is 5.36. The highest BCUT2D eigenvalue weighted by molar-refractivity contribution is 6.04. The van der Waals surface area contributed by atoms with Crippen molar-refractivity contribution in [2.24, 2.45) is 5.41 Å². The molecule has 1 saturated carbocycles. The van der Waals surface area contributed by atoms with Gasteiger partial charge >= 0.3 is 5.97 Å². The van der Waals surface area contributed by atoms with Crippen LogP contribution in [0.25, 0.3) is 0 Å². The predicted octanol–water partition coefficient (Wildman–Crippen LogP) is 1.26. The van der Waals surface area contributed by atoms with E-state index in [1.807, 2.05) is 0 Å². The minimum Gasteiger partial charge on any atom is -0.481 e. The monoisotopic (exact) mass is 290 g/mol. The van der Waals surface area contributed by atoms with Gasteiger partial charge in [0.1, 0.15) is 0 Å². The third-order valence-corrected chi connectivity index (χ3v) is 3.88. The van der Waals surface area contributed by atoms with Crippen molar-refractivity contribution >= 4 is 23.5 Å². The number of carbonyl (C=O) groups is 3. The number of carboxylic acids is 1. The summed E-state index contributed by atoms with van der Waals surface area (Å²) >= 11 is 0. The number of carboxylic acid groups (broad SMARTS) is 1. The number of anilines is 1. The van der Waals surface area contributed by atoms with Crippen LogP contribution in [0.3, 0.4) is 0 Å². The predicted molar refractivity (Wildman–Crippen MR) is 77.2 cm³/mol. The summed E-state index contributed by atoms with van der Waals surface area (Å²) in [5.74, 6) is -1.43. The van der Waals surface area contributed by atoms with Gasteiger partial charge in [-0.15, -0.1) is 0 Å². The molecule has 1 aliphatic carbocycles. The molecule has 0 radical (unpaired) electrons. The van der Waals surface area contributed by atoms with Gasteiger partial charge in [-0.3, -0.25) is 14.4 Å². The molecule has 1 aromatic carbocycles. The Hall–Kier alpha value is -2.37. The Morgan fingerprint density at radius 2 is 1.90 bits per heavy atom. The summed E-state index contributed by atoms with van der Waals surface area (Å²) in [5, 5.41) is 11.8. The van der Waals surface area contributed by atoms with Crippen molar-refractivity contribution in [3.63, 3.8) is 0 Å². The molecule has 0 saturated heterocycles. The van der Waals surface area contributed by atoms with Crippen molar-refractivity contribution in [3.8, 4) is 0 Å². The standard InChI is InChI=1S/C15H18N2O4/c1-10(18)17(2)12-6-4-3-5-11(12)13(19)16-9-15(7-8-15)14(20)21/h3-6H,7-9H2,1-2H3,(H,16,19)(H,20,21). The highest BCUT2D eigenvalue weighted by Crippen LogP contribution is 2.45. The Kier molecular flexibility index (Phi) is 3.97. The van der Waals surface area contributed by atoms with Gasteiger partial charge in [-0.1, -0.05) is 12.1 Å². The topological polar surface area (TPSA) is 86.7 Å². The van der Waals surface area contributed by atoms with Crippen LogP contribution in [0, 0.1) is 5.41 Å². The van der Waals surface area contributed by atoms with Gasteiger partial charge in [0.25, 0.3) is 5.91 Å². The van der Waals surface area contributed by atoms with E-state index in [-0.39, 0.29) is 18.4 Å². The van der Waals surface area contributed by atoms with Crippen molar-refractivity contribution in [2.45, 2.75) is 19.8 Å². The number of hydrogen-bond donors (Lipinski definition) is 2. The molecule has 6 nitrogen and oxygen atoms in total. The van der Waals surface area contributed by atoms with E-state index in [0.29, 0.717) is 24.1 Å². The van der Waals surface area contributed by atoms with Gasteiger partial charge in [0, 0.05) is 20.5 Å². The van der Waals surface area contributed by atoms with Crippen LogP contribution < -0.4 is 10.2 Å². The van der Waals surface area contributed by atoms with E-state index >= 15 is 0 Å². The fraction of sp³-hybridized carbons (Fsp3) is 0.400. The Bertz CT molecular complexity index is 593. The highest BCUT2D eigenvalue weighted by Gasteiger charge is 2.50. The highest BCUT2D eigenvalue weighted by atomic mass is 16.4. The second-order valence-corrected chi connectivity index (χ2v) is 5.36. The van der Waals surface area contributed by atoms with Crippen LogP contribution in [-0.4, -0.2) is 36.5 Å². The Morgan fingerprint density at radius 3 is 2.43 bits per heavy atom. The molecule has 0 bridgehead atoms. The molecule has 2 rings (SSSR count). The summed E-state index contributed by atoms with van der Waals surface area (Å²) in [6.45, 7) is 1.53. The molecule has 2 N–H and O–H groups in total. The maximum absolute atomic E-state index is 12.2. The molecule has 0 heterocycles. The van der Waals surface area contributed by atoms with E-state index < -0.39 is 11.4 Å². The minimum atomic E-state index is -0.878. The normalized spacial score (nSPS) is 15.1. The summed E-state index contributed by atoms with van der Waals surface area (Å²) in [4.78, 5) is 36.2. The molecule has 0 spiro atoms.